The first-order valence-corrected chi connectivity index (χ1v) is 9.59. The van der Waals surface area contributed by atoms with Gasteiger partial charge in [-0.1, -0.05) is 12.1 Å². The smallest absolute Gasteiger partial charge is 0.316 e. The molecule has 1 N–H and O–H groups in total. The average molecular weight is 357 g/mol. The lowest BCUT2D eigenvalue weighted by Crippen LogP contribution is -2.41. The second-order valence-electron chi connectivity index (χ2n) is 6.76. The molecule has 3 nitrogen and oxygen atoms in total. The van der Waals surface area contributed by atoms with Gasteiger partial charge in [0.15, 0.2) is 6.54 Å². The van der Waals surface area contributed by atoms with Crippen molar-refractivity contribution in [3.8, 4) is 0 Å². The van der Waals surface area contributed by atoms with Crippen molar-refractivity contribution in [2.75, 3.05) is 23.7 Å². The van der Waals surface area contributed by atoms with Gasteiger partial charge in [-0.2, -0.15) is 0 Å². The van der Waals surface area contributed by atoms with Crippen molar-refractivity contribution in [1.82, 2.24) is 0 Å². The summed E-state index contributed by atoms with van der Waals surface area (Å²) in [7, 11) is 0. The number of β-amino-alcohol motifs (C(OH)–C–C–N with tert-alkyl or cyclic N) is 1. The van der Waals surface area contributed by atoms with E-state index in [9.17, 15) is 9.50 Å². The van der Waals surface area contributed by atoms with E-state index in [4.69, 9.17) is 0 Å². The summed E-state index contributed by atoms with van der Waals surface area (Å²) >= 11 is 1.79. The molecule has 0 spiro atoms. The molecule has 0 saturated heterocycles. The molecule has 0 amide bonds. The zero-order valence-corrected chi connectivity index (χ0v) is 15.3. The first-order valence-electron chi connectivity index (χ1n) is 8.60. The van der Waals surface area contributed by atoms with Crippen LogP contribution in [0, 0.1) is 19.7 Å². The summed E-state index contributed by atoms with van der Waals surface area (Å²) in [6, 6.07) is 12.5. The molecule has 4 rings (SSSR count). The molecule has 0 aliphatic carbocycles. The fourth-order valence-electron chi connectivity index (χ4n) is 3.68. The highest BCUT2D eigenvalue weighted by Gasteiger charge is 2.53. The van der Waals surface area contributed by atoms with Gasteiger partial charge in [-0.15, -0.1) is 0 Å². The molecule has 2 aliphatic rings. The van der Waals surface area contributed by atoms with Gasteiger partial charge >= 0.3 is 5.17 Å². The molecule has 0 saturated carbocycles. The Bertz CT molecular complexity index is 849. The standard InChI is InChI=1S/C20H22FN2OS/c1-14-5-3-6-18(15(14)2)22-13-20(24,16-7-9-17(21)10-8-16)23-11-4-12-25-19(22)23/h3,5-10,24H,4,11-13H2,1-2H3/q+1/t20-/m0/s1. The zero-order valence-electron chi connectivity index (χ0n) is 14.5. The summed E-state index contributed by atoms with van der Waals surface area (Å²) in [4.78, 5) is 2.22. The molecule has 0 unspecified atom stereocenters. The second kappa shape index (κ2) is 6.15. The van der Waals surface area contributed by atoms with Crippen molar-refractivity contribution in [3.63, 3.8) is 0 Å². The van der Waals surface area contributed by atoms with E-state index in [0.29, 0.717) is 6.54 Å². The lowest BCUT2D eigenvalue weighted by molar-refractivity contribution is -0.656. The molecule has 0 aromatic heterocycles. The summed E-state index contributed by atoms with van der Waals surface area (Å²) in [5.74, 6) is 0.765. The van der Waals surface area contributed by atoms with Crippen LogP contribution in [0.1, 0.15) is 23.1 Å². The Labute approximate surface area is 151 Å². The van der Waals surface area contributed by atoms with Crippen LogP contribution in [0.4, 0.5) is 10.1 Å². The van der Waals surface area contributed by atoms with Crippen LogP contribution < -0.4 is 4.90 Å². The van der Waals surface area contributed by atoms with Gasteiger partial charge in [-0.25, -0.2) is 13.9 Å². The van der Waals surface area contributed by atoms with Gasteiger partial charge in [0.25, 0.3) is 5.72 Å². The van der Waals surface area contributed by atoms with Crippen LogP contribution in [0.25, 0.3) is 0 Å². The molecule has 0 fully saturated rings. The van der Waals surface area contributed by atoms with Crippen LogP contribution in [-0.2, 0) is 5.72 Å². The Kier molecular flexibility index (Phi) is 4.08. The number of aliphatic hydroxyl groups is 1. The van der Waals surface area contributed by atoms with Gasteiger partial charge in [0.1, 0.15) is 11.5 Å². The fourth-order valence-corrected chi connectivity index (χ4v) is 4.85. The highest BCUT2D eigenvalue weighted by molar-refractivity contribution is 8.13. The molecule has 1 atom stereocenters. The first-order chi connectivity index (χ1) is 12.0. The minimum absolute atomic E-state index is 0.283. The molecule has 5 heteroatoms. The van der Waals surface area contributed by atoms with Gasteiger partial charge < -0.3 is 5.11 Å². The third-order valence-corrected chi connectivity index (χ3v) is 6.41. The SMILES string of the molecule is Cc1cccc(N2C[C@](O)(c3ccc(F)cc3)[N+]3=C2SCCC3)c1C. The summed E-state index contributed by atoms with van der Waals surface area (Å²) in [5, 5.41) is 12.7. The predicted molar refractivity (Wildman–Crippen MR) is 101 cm³/mol. The van der Waals surface area contributed by atoms with Gasteiger partial charge in [0.05, 0.1) is 6.54 Å². The summed E-state index contributed by atoms with van der Waals surface area (Å²) in [6.07, 6.45) is 1.03. The number of nitrogens with zero attached hydrogens (tertiary/aromatic N) is 2. The Morgan fingerprint density at radius 1 is 1.16 bits per heavy atom. The number of hydrogen-bond acceptors (Lipinski definition) is 3. The van der Waals surface area contributed by atoms with Gasteiger partial charge in [-0.05, 0) is 73.5 Å². The molecule has 25 heavy (non-hydrogen) atoms. The van der Waals surface area contributed by atoms with E-state index in [1.165, 1.54) is 23.3 Å². The highest BCUT2D eigenvalue weighted by atomic mass is 32.2. The Morgan fingerprint density at radius 2 is 1.92 bits per heavy atom. The molecule has 130 valence electrons. The third kappa shape index (κ3) is 2.66. The van der Waals surface area contributed by atoms with Crippen molar-refractivity contribution in [2.24, 2.45) is 0 Å². The summed E-state index contributed by atoms with van der Waals surface area (Å²) < 4.78 is 15.4. The first kappa shape index (κ1) is 16.6. The molecule has 0 bridgehead atoms. The van der Waals surface area contributed by atoms with E-state index >= 15 is 0 Å². The Balaban J connectivity index is 1.83. The van der Waals surface area contributed by atoms with E-state index in [0.717, 1.165) is 35.1 Å². The van der Waals surface area contributed by atoms with Crippen LogP contribution in [0.15, 0.2) is 42.5 Å². The van der Waals surface area contributed by atoms with E-state index in [-0.39, 0.29) is 5.82 Å². The van der Waals surface area contributed by atoms with E-state index in [1.807, 2.05) is 0 Å². The van der Waals surface area contributed by atoms with E-state index in [1.54, 1.807) is 23.9 Å². The lowest BCUT2D eigenvalue weighted by Gasteiger charge is -2.24. The molecule has 2 aromatic rings. The number of hydrogen-bond donors (Lipinski definition) is 1. The van der Waals surface area contributed by atoms with Crippen LogP contribution in [0.3, 0.4) is 0 Å². The van der Waals surface area contributed by atoms with Crippen LogP contribution >= 0.6 is 11.8 Å². The molecule has 2 aliphatic heterocycles. The number of amidine groups is 1. The van der Waals surface area contributed by atoms with Crippen molar-refractivity contribution >= 4 is 22.6 Å². The number of benzene rings is 2. The summed E-state index contributed by atoms with van der Waals surface area (Å²) in [5.41, 5.74) is 3.20. The number of halogens is 1. The maximum atomic E-state index is 13.4. The molecule has 0 radical (unpaired) electrons. The molecular formula is C20H22FN2OS+. The molecule has 2 heterocycles. The monoisotopic (exact) mass is 357 g/mol. The predicted octanol–water partition coefficient (Wildman–Crippen LogP) is 3.61. The van der Waals surface area contributed by atoms with Crippen molar-refractivity contribution < 1.29 is 14.1 Å². The van der Waals surface area contributed by atoms with Crippen molar-refractivity contribution in [3.05, 3.63) is 65.0 Å². The molecule has 2 aromatic carbocycles. The quantitative estimate of drug-likeness (QED) is 0.832. The van der Waals surface area contributed by atoms with E-state index in [2.05, 4.69) is 41.5 Å². The highest BCUT2D eigenvalue weighted by Crippen LogP contribution is 2.38. The lowest BCUT2D eigenvalue weighted by atomic mass is 10.0. The minimum Gasteiger partial charge on any atom is -0.346 e. The Morgan fingerprint density at radius 3 is 2.68 bits per heavy atom. The van der Waals surface area contributed by atoms with Gasteiger partial charge in [0.2, 0.25) is 0 Å². The second-order valence-corrected chi connectivity index (χ2v) is 7.83. The van der Waals surface area contributed by atoms with E-state index < -0.39 is 5.72 Å². The third-order valence-electron chi connectivity index (χ3n) is 5.22. The van der Waals surface area contributed by atoms with Crippen LogP contribution in [-0.4, -0.2) is 33.7 Å². The minimum atomic E-state index is -1.13. The average Bonchev–Trinajstić information content (AvgIpc) is 2.92. The largest absolute Gasteiger partial charge is 0.346 e. The van der Waals surface area contributed by atoms with Crippen LogP contribution in [0.5, 0.6) is 0 Å². The van der Waals surface area contributed by atoms with Gasteiger partial charge in [-0.3, -0.25) is 0 Å². The number of rotatable bonds is 2. The summed E-state index contributed by atoms with van der Waals surface area (Å²) in [6.45, 7) is 5.48. The van der Waals surface area contributed by atoms with Crippen molar-refractivity contribution in [1.29, 1.82) is 0 Å². The number of thioether (sulfide) groups is 1. The topological polar surface area (TPSA) is 26.5 Å². The number of aryl methyl sites for hydroxylation is 1. The normalized spacial score (nSPS) is 23.1. The Hall–Kier alpha value is -1.85. The van der Waals surface area contributed by atoms with Gasteiger partial charge in [0, 0.05) is 11.3 Å². The maximum Gasteiger partial charge on any atom is 0.316 e. The molecular weight excluding hydrogens is 335 g/mol. The fraction of sp³-hybridized carbons (Fsp3) is 0.350. The maximum absolute atomic E-state index is 13.4. The van der Waals surface area contributed by atoms with Crippen LogP contribution in [0.2, 0.25) is 0 Å². The van der Waals surface area contributed by atoms with Crippen molar-refractivity contribution in [2.45, 2.75) is 26.0 Å². The number of anilines is 1. The zero-order chi connectivity index (χ0) is 17.6.